The van der Waals surface area contributed by atoms with Gasteiger partial charge in [-0.1, -0.05) is 25.0 Å². The maximum absolute atomic E-state index is 12.5. The Kier molecular flexibility index (Phi) is 5.53. The van der Waals surface area contributed by atoms with E-state index in [1.165, 1.54) is 0 Å². The number of hydrogen-bond donors (Lipinski definition) is 1. The summed E-state index contributed by atoms with van der Waals surface area (Å²) >= 11 is 0. The molecule has 24 heavy (non-hydrogen) atoms. The van der Waals surface area contributed by atoms with Gasteiger partial charge in [0.05, 0.1) is 0 Å². The molecule has 0 atom stereocenters. The van der Waals surface area contributed by atoms with Crippen LogP contribution in [0.3, 0.4) is 0 Å². The summed E-state index contributed by atoms with van der Waals surface area (Å²) in [6, 6.07) is 7.55. The second-order valence-electron chi connectivity index (χ2n) is 6.46. The molecule has 0 unspecified atom stereocenters. The van der Waals surface area contributed by atoms with E-state index in [0.717, 1.165) is 49.9 Å². The van der Waals surface area contributed by atoms with Crippen molar-refractivity contribution in [1.82, 2.24) is 9.03 Å². The van der Waals surface area contributed by atoms with Crippen LogP contribution in [-0.2, 0) is 21.5 Å². The number of carbonyl (C=O) groups is 1. The van der Waals surface area contributed by atoms with Crippen LogP contribution >= 0.6 is 0 Å². The van der Waals surface area contributed by atoms with Crippen LogP contribution in [0.2, 0.25) is 0 Å². The fraction of sp³-hybridized carbons (Fsp3) is 0.588. The molecule has 0 bridgehead atoms. The third-order valence-corrected chi connectivity index (χ3v) is 6.21. The molecule has 1 aromatic carbocycles. The van der Waals surface area contributed by atoms with Crippen LogP contribution in [-0.4, -0.2) is 38.3 Å². The van der Waals surface area contributed by atoms with Crippen molar-refractivity contribution in [2.45, 2.75) is 45.1 Å². The monoisotopic (exact) mass is 351 g/mol. The summed E-state index contributed by atoms with van der Waals surface area (Å²) in [7, 11) is -3.44. The Morgan fingerprint density at radius 2 is 1.75 bits per heavy atom. The number of hydrogen-bond acceptors (Lipinski definition) is 3. The maximum Gasteiger partial charge on any atom is 0.279 e. The molecule has 3 rings (SSSR count). The number of benzene rings is 1. The lowest BCUT2D eigenvalue weighted by Gasteiger charge is -2.21. The molecule has 0 spiro atoms. The molecule has 2 fully saturated rings. The summed E-state index contributed by atoms with van der Waals surface area (Å²) in [5.41, 5.74) is 1.72. The van der Waals surface area contributed by atoms with Gasteiger partial charge in [0.15, 0.2) is 0 Å². The van der Waals surface area contributed by atoms with Crippen molar-refractivity contribution in [3.63, 3.8) is 0 Å². The lowest BCUT2D eigenvalue weighted by Crippen LogP contribution is -2.40. The molecular formula is C17H25N3O3S. The van der Waals surface area contributed by atoms with Crippen molar-refractivity contribution in [2.75, 3.05) is 24.5 Å². The zero-order valence-electron chi connectivity index (χ0n) is 13.9. The first-order chi connectivity index (χ1) is 11.6. The van der Waals surface area contributed by atoms with E-state index in [1.54, 1.807) is 9.21 Å². The van der Waals surface area contributed by atoms with E-state index < -0.39 is 10.2 Å². The van der Waals surface area contributed by atoms with Gasteiger partial charge in [0.1, 0.15) is 0 Å². The molecule has 2 aliphatic heterocycles. The van der Waals surface area contributed by atoms with Gasteiger partial charge in [-0.3, -0.25) is 4.79 Å². The molecule has 2 saturated heterocycles. The van der Waals surface area contributed by atoms with E-state index in [2.05, 4.69) is 4.72 Å². The zero-order chi connectivity index (χ0) is 17.0. The molecule has 1 N–H and O–H groups in total. The van der Waals surface area contributed by atoms with Crippen molar-refractivity contribution in [3.05, 3.63) is 29.8 Å². The number of anilines is 1. The van der Waals surface area contributed by atoms with Gasteiger partial charge >= 0.3 is 0 Å². The predicted octanol–water partition coefficient (Wildman–Crippen LogP) is 2.02. The summed E-state index contributed by atoms with van der Waals surface area (Å²) < 4.78 is 29.2. The highest BCUT2D eigenvalue weighted by atomic mass is 32.2. The zero-order valence-corrected chi connectivity index (χ0v) is 14.7. The Bertz CT molecular complexity index is 682. The SMILES string of the molecule is O=C1CCCN1c1cccc(CNS(=O)(=O)N2CCCCCC2)c1. The van der Waals surface area contributed by atoms with Gasteiger partial charge in [-0.25, -0.2) is 0 Å². The van der Waals surface area contributed by atoms with Gasteiger partial charge in [0.25, 0.3) is 10.2 Å². The summed E-state index contributed by atoms with van der Waals surface area (Å²) in [6.45, 7) is 2.17. The molecule has 7 heteroatoms. The van der Waals surface area contributed by atoms with Crippen LogP contribution in [0.25, 0.3) is 0 Å². The summed E-state index contributed by atoms with van der Waals surface area (Å²) in [5.74, 6) is 0.136. The van der Waals surface area contributed by atoms with E-state index >= 15 is 0 Å². The van der Waals surface area contributed by atoms with E-state index in [4.69, 9.17) is 0 Å². The van der Waals surface area contributed by atoms with Crippen molar-refractivity contribution in [3.8, 4) is 0 Å². The molecule has 2 heterocycles. The molecule has 1 aromatic rings. The Morgan fingerprint density at radius 1 is 1.00 bits per heavy atom. The van der Waals surface area contributed by atoms with Crippen molar-refractivity contribution < 1.29 is 13.2 Å². The van der Waals surface area contributed by atoms with Crippen molar-refractivity contribution in [2.24, 2.45) is 0 Å². The Hall–Kier alpha value is -1.44. The fourth-order valence-electron chi connectivity index (χ4n) is 3.30. The number of nitrogens with one attached hydrogen (secondary N) is 1. The highest BCUT2D eigenvalue weighted by Gasteiger charge is 2.23. The summed E-state index contributed by atoms with van der Waals surface area (Å²) in [4.78, 5) is 13.6. The normalized spacial score (nSPS) is 20.3. The third-order valence-electron chi connectivity index (χ3n) is 4.66. The second kappa shape index (κ2) is 7.63. The lowest BCUT2D eigenvalue weighted by molar-refractivity contribution is -0.117. The van der Waals surface area contributed by atoms with Crippen LogP contribution in [0.4, 0.5) is 5.69 Å². The fourth-order valence-corrected chi connectivity index (χ4v) is 4.57. The Balaban J connectivity index is 1.64. The van der Waals surface area contributed by atoms with Gasteiger partial charge in [-0.05, 0) is 37.0 Å². The number of carbonyl (C=O) groups excluding carboxylic acids is 1. The molecule has 0 saturated carbocycles. The van der Waals surface area contributed by atoms with Crippen LogP contribution in [0.5, 0.6) is 0 Å². The number of nitrogens with zero attached hydrogens (tertiary/aromatic N) is 2. The largest absolute Gasteiger partial charge is 0.312 e. The predicted molar refractivity (Wildman–Crippen MR) is 93.8 cm³/mol. The minimum Gasteiger partial charge on any atom is -0.312 e. The van der Waals surface area contributed by atoms with E-state index in [-0.39, 0.29) is 12.5 Å². The second-order valence-corrected chi connectivity index (χ2v) is 8.21. The van der Waals surface area contributed by atoms with Gasteiger partial charge in [-0.15, -0.1) is 0 Å². The lowest BCUT2D eigenvalue weighted by atomic mass is 10.2. The first kappa shape index (κ1) is 17.4. The van der Waals surface area contributed by atoms with Crippen LogP contribution in [0, 0.1) is 0 Å². The first-order valence-electron chi connectivity index (χ1n) is 8.70. The summed E-state index contributed by atoms with van der Waals surface area (Å²) in [5, 5.41) is 0. The molecule has 0 radical (unpaired) electrons. The maximum atomic E-state index is 12.5. The molecule has 6 nitrogen and oxygen atoms in total. The summed E-state index contributed by atoms with van der Waals surface area (Å²) in [6.07, 6.45) is 5.51. The van der Waals surface area contributed by atoms with Gasteiger partial charge in [0, 0.05) is 38.3 Å². The minimum atomic E-state index is -3.44. The minimum absolute atomic E-state index is 0.136. The first-order valence-corrected chi connectivity index (χ1v) is 10.1. The Morgan fingerprint density at radius 3 is 2.42 bits per heavy atom. The average molecular weight is 351 g/mol. The molecule has 132 valence electrons. The van der Waals surface area contributed by atoms with Gasteiger partial charge < -0.3 is 4.90 Å². The Labute approximate surface area is 144 Å². The molecule has 1 amide bonds. The van der Waals surface area contributed by atoms with Gasteiger partial charge in [0.2, 0.25) is 5.91 Å². The standard InChI is InChI=1S/C17H25N3O3S/c21-17-9-6-12-20(17)16-8-5-7-15(13-16)14-18-24(22,23)19-10-3-1-2-4-11-19/h5,7-8,13,18H,1-4,6,9-12,14H2. The number of rotatable bonds is 5. The highest BCUT2D eigenvalue weighted by Crippen LogP contribution is 2.22. The average Bonchev–Trinajstić information content (AvgIpc) is 2.83. The van der Waals surface area contributed by atoms with E-state index in [1.807, 2.05) is 24.3 Å². The topological polar surface area (TPSA) is 69.7 Å². The molecular weight excluding hydrogens is 326 g/mol. The van der Waals surface area contributed by atoms with E-state index in [9.17, 15) is 13.2 Å². The van der Waals surface area contributed by atoms with Crippen LogP contribution < -0.4 is 9.62 Å². The van der Waals surface area contributed by atoms with Crippen LogP contribution in [0.15, 0.2) is 24.3 Å². The smallest absolute Gasteiger partial charge is 0.279 e. The highest BCUT2D eigenvalue weighted by molar-refractivity contribution is 7.87. The van der Waals surface area contributed by atoms with Crippen LogP contribution in [0.1, 0.15) is 44.1 Å². The van der Waals surface area contributed by atoms with Gasteiger partial charge in [-0.2, -0.15) is 17.4 Å². The molecule has 0 aromatic heterocycles. The quantitative estimate of drug-likeness (QED) is 0.882. The number of amides is 1. The van der Waals surface area contributed by atoms with Crippen molar-refractivity contribution >= 4 is 21.8 Å². The van der Waals surface area contributed by atoms with Crippen molar-refractivity contribution in [1.29, 1.82) is 0 Å². The molecule has 2 aliphatic rings. The molecule has 0 aliphatic carbocycles. The third kappa shape index (κ3) is 4.15. The van der Waals surface area contributed by atoms with E-state index in [0.29, 0.717) is 19.5 Å².